The van der Waals surface area contributed by atoms with Gasteiger partial charge >= 0.3 is 5.97 Å². The second-order valence-electron chi connectivity index (χ2n) is 7.80. The number of carbonyl (C=O) groups is 1. The molecule has 9 nitrogen and oxygen atoms in total. The monoisotopic (exact) mass is 491 g/mol. The minimum Gasteiger partial charge on any atom is -0.497 e. The third kappa shape index (κ3) is 4.47. The highest BCUT2D eigenvalue weighted by Gasteiger charge is 2.31. The number of sulfonamides is 1. The Hall–Kier alpha value is -4.18. The van der Waals surface area contributed by atoms with Crippen LogP contribution in [-0.2, 0) is 27.8 Å². The van der Waals surface area contributed by atoms with Gasteiger partial charge in [0.15, 0.2) is 6.61 Å². The molecular weight excluding hydrogens is 470 g/mol. The Morgan fingerprint density at radius 3 is 2.74 bits per heavy atom. The zero-order valence-electron chi connectivity index (χ0n) is 18.7. The Morgan fingerprint density at radius 2 is 1.89 bits per heavy atom. The number of benzene rings is 3. The van der Waals surface area contributed by atoms with Crippen molar-refractivity contribution in [1.29, 1.82) is 0 Å². The molecule has 178 valence electrons. The molecule has 4 aromatic rings. The van der Waals surface area contributed by atoms with E-state index in [-0.39, 0.29) is 23.0 Å². The number of ether oxygens (including phenoxy) is 2. The van der Waals surface area contributed by atoms with E-state index in [1.54, 1.807) is 43.5 Å². The Kier molecular flexibility index (Phi) is 5.96. The SMILES string of the molecule is COc1cccc(-c2noc(COC(=O)c3cccc(S(=O)(=O)N4CCc5ccccc54)c3)n2)c1. The fourth-order valence-electron chi connectivity index (χ4n) is 3.87. The van der Waals surface area contributed by atoms with Crippen molar-refractivity contribution in [2.75, 3.05) is 18.0 Å². The summed E-state index contributed by atoms with van der Waals surface area (Å²) in [5, 5.41) is 3.90. The third-order valence-corrected chi connectivity index (χ3v) is 7.43. The maximum absolute atomic E-state index is 13.3. The molecule has 1 aromatic heterocycles. The van der Waals surface area contributed by atoms with Crippen molar-refractivity contribution >= 4 is 21.7 Å². The Balaban J connectivity index is 1.29. The van der Waals surface area contributed by atoms with E-state index in [2.05, 4.69) is 10.1 Å². The number of fused-ring (bicyclic) bond motifs is 1. The highest BCUT2D eigenvalue weighted by molar-refractivity contribution is 7.92. The van der Waals surface area contributed by atoms with Crippen molar-refractivity contribution < 1.29 is 27.2 Å². The van der Waals surface area contributed by atoms with Crippen LogP contribution in [0.5, 0.6) is 5.75 Å². The molecule has 3 aromatic carbocycles. The first kappa shape index (κ1) is 22.6. The van der Waals surface area contributed by atoms with Crippen LogP contribution in [-0.4, -0.2) is 38.2 Å². The summed E-state index contributed by atoms with van der Waals surface area (Å²) in [4.78, 5) is 16.9. The van der Waals surface area contributed by atoms with Gasteiger partial charge in [-0.2, -0.15) is 4.98 Å². The minimum atomic E-state index is -3.83. The standard InChI is InChI=1S/C25H21N3O6S/c1-32-20-9-4-7-18(14-20)24-26-23(34-27-24)16-33-25(29)19-8-5-10-21(15-19)35(30,31)28-13-12-17-6-2-3-11-22(17)28/h2-11,14-15H,12-13,16H2,1H3. The quantitative estimate of drug-likeness (QED) is 0.358. The number of hydrogen-bond donors (Lipinski definition) is 0. The van der Waals surface area contributed by atoms with Crippen molar-refractivity contribution in [2.45, 2.75) is 17.9 Å². The first-order chi connectivity index (χ1) is 17.0. The Labute approximate surface area is 202 Å². The van der Waals surface area contributed by atoms with Crippen LogP contribution in [0.4, 0.5) is 5.69 Å². The molecule has 0 fully saturated rings. The van der Waals surface area contributed by atoms with Crippen molar-refractivity contribution in [3.8, 4) is 17.1 Å². The lowest BCUT2D eigenvalue weighted by atomic mass is 10.2. The molecule has 0 unspecified atom stereocenters. The van der Waals surface area contributed by atoms with Crippen molar-refractivity contribution in [3.05, 3.63) is 89.8 Å². The summed E-state index contributed by atoms with van der Waals surface area (Å²) in [6, 6.07) is 20.3. The second-order valence-corrected chi connectivity index (χ2v) is 9.67. The molecule has 0 saturated heterocycles. The van der Waals surface area contributed by atoms with Crippen LogP contribution >= 0.6 is 0 Å². The number of hydrogen-bond acceptors (Lipinski definition) is 8. The molecule has 0 amide bonds. The molecule has 2 heterocycles. The van der Waals surface area contributed by atoms with Gasteiger partial charge in [-0.25, -0.2) is 13.2 Å². The summed E-state index contributed by atoms with van der Waals surface area (Å²) in [5.74, 6) is 0.375. The minimum absolute atomic E-state index is 0.0155. The molecule has 0 spiro atoms. The average Bonchev–Trinajstić information content (AvgIpc) is 3.55. The van der Waals surface area contributed by atoms with Gasteiger partial charge in [0.05, 0.1) is 23.3 Å². The maximum Gasteiger partial charge on any atom is 0.338 e. The number of carbonyl (C=O) groups excluding carboxylic acids is 1. The van der Waals surface area contributed by atoms with Crippen molar-refractivity contribution in [1.82, 2.24) is 10.1 Å². The van der Waals surface area contributed by atoms with Crippen molar-refractivity contribution in [3.63, 3.8) is 0 Å². The highest BCUT2D eigenvalue weighted by Crippen LogP contribution is 2.32. The fraction of sp³-hybridized carbons (Fsp3) is 0.160. The molecule has 0 atom stereocenters. The molecular formula is C25H21N3O6S. The molecule has 1 aliphatic heterocycles. The number of esters is 1. The Bertz CT molecular complexity index is 1500. The van der Waals surface area contributed by atoms with Crippen LogP contribution in [0, 0.1) is 0 Å². The van der Waals surface area contributed by atoms with E-state index in [1.807, 2.05) is 12.1 Å². The number of nitrogens with zero attached hydrogens (tertiary/aromatic N) is 3. The van der Waals surface area contributed by atoms with Crippen LogP contribution in [0.25, 0.3) is 11.4 Å². The van der Waals surface area contributed by atoms with E-state index >= 15 is 0 Å². The molecule has 35 heavy (non-hydrogen) atoms. The predicted octanol–water partition coefficient (Wildman–Crippen LogP) is 3.85. The van der Waals surface area contributed by atoms with E-state index in [1.165, 1.54) is 28.6 Å². The molecule has 0 N–H and O–H groups in total. The smallest absolute Gasteiger partial charge is 0.338 e. The van der Waals surface area contributed by atoms with Crippen molar-refractivity contribution in [2.24, 2.45) is 0 Å². The molecule has 0 bridgehead atoms. The highest BCUT2D eigenvalue weighted by atomic mass is 32.2. The number of rotatable bonds is 7. The summed E-state index contributed by atoms with van der Waals surface area (Å²) in [5.41, 5.74) is 2.42. The average molecular weight is 492 g/mol. The van der Waals surface area contributed by atoms with Crippen LogP contribution in [0.1, 0.15) is 21.8 Å². The lowest BCUT2D eigenvalue weighted by Gasteiger charge is -2.19. The zero-order valence-corrected chi connectivity index (χ0v) is 19.6. The summed E-state index contributed by atoms with van der Waals surface area (Å²) in [7, 11) is -2.27. The topological polar surface area (TPSA) is 112 Å². The summed E-state index contributed by atoms with van der Waals surface area (Å²) in [6.45, 7) is 0.0927. The van der Waals surface area contributed by atoms with Gasteiger partial charge in [-0.3, -0.25) is 4.31 Å². The second kappa shape index (κ2) is 9.22. The zero-order chi connectivity index (χ0) is 24.4. The van der Waals surface area contributed by atoms with Gasteiger partial charge in [0.25, 0.3) is 15.9 Å². The lowest BCUT2D eigenvalue weighted by molar-refractivity contribution is 0.0429. The molecule has 10 heteroatoms. The number of anilines is 1. The van der Waals surface area contributed by atoms with E-state index in [0.717, 1.165) is 5.56 Å². The van der Waals surface area contributed by atoms with Crippen LogP contribution in [0.2, 0.25) is 0 Å². The third-order valence-electron chi connectivity index (χ3n) is 5.63. The molecule has 0 aliphatic carbocycles. The molecule has 5 rings (SSSR count). The van der Waals surface area contributed by atoms with Gasteiger partial charge in [0.1, 0.15) is 5.75 Å². The number of methoxy groups -OCH3 is 1. The van der Waals surface area contributed by atoms with E-state index in [0.29, 0.717) is 35.8 Å². The van der Waals surface area contributed by atoms with Crippen LogP contribution in [0.15, 0.2) is 82.2 Å². The van der Waals surface area contributed by atoms with Gasteiger partial charge < -0.3 is 14.0 Å². The summed E-state index contributed by atoms with van der Waals surface area (Å²) < 4.78 is 43.6. The first-order valence-electron chi connectivity index (χ1n) is 10.8. The van der Waals surface area contributed by atoms with E-state index in [4.69, 9.17) is 14.0 Å². The Morgan fingerprint density at radius 1 is 1.06 bits per heavy atom. The number of para-hydroxylation sites is 1. The molecule has 0 saturated carbocycles. The molecule has 0 radical (unpaired) electrons. The van der Waals surface area contributed by atoms with Crippen LogP contribution < -0.4 is 9.04 Å². The fourth-order valence-corrected chi connectivity index (χ4v) is 5.42. The molecule has 1 aliphatic rings. The van der Waals surface area contributed by atoms with E-state index < -0.39 is 16.0 Å². The predicted molar refractivity (Wildman–Crippen MR) is 127 cm³/mol. The number of aromatic nitrogens is 2. The van der Waals surface area contributed by atoms with Gasteiger partial charge in [0.2, 0.25) is 5.82 Å². The van der Waals surface area contributed by atoms with Crippen LogP contribution in [0.3, 0.4) is 0 Å². The lowest BCUT2D eigenvalue weighted by Crippen LogP contribution is -2.29. The summed E-state index contributed by atoms with van der Waals surface area (Å²) in [6.07, 6.45) is 0.638. The first-order valence-corrected chi connectivity index (χ1v) is 12.2. The van der Waals surface area contributed by atoms with Gasteiger partial charge in [0, 0.05) is 12.1 Å². The summed E-state index contributed by atoms with van der Waals surface area (Å²) >= 11 is 0. The van der Waals surface area contributed by atoms with Gasteiger partial charge in [-0.1, -0.05) is 41.6 Å². The normalized spacial score (nSPS) is 12.9. The van der Waals surface area contributed by atoms with Gasteiger partial charge in [-0.05, 0) is 48.4 Å². The van der Waals surface area contributed by atoms with E-state index in [9.17, 15) is 13.2 Å². The van der Waals surface area contributed by atoms with Gasteiger partial charge in [-0.15, -0.1) is 0 Å². The largest absolute Gasteiger partial charge is 0.497 e. The maximum atomic E-state index is 13.3.